The molecular formula is C13H13N7OS. The fourth-order valence-electron chi connectivity index (χ4n) is 1.78. The van der Waals surface area contributed by atoms with E-state index < -0.39 is 6.03 Å². The van der Waals surface area contributed by atoms with Gasteiger partial charge in [-0.15, -0.1) is 10.2 Å². The number of carbonyl (C=O) groups is 1. The van der Waals surface area contributed by atoms with Crippen LogP contribution in [0, 0.1) is 0 Å². The molecule has 0 radical (unpaired) electrons. The first-order chi connectivity index (χ1) is 10.8. The zero-order chi connectivity index (χ0) is 15.4. The zero-order valence-electron chi connectivity index (χ0n) is 11.7. The SMILES string of the molecule is CCc1nnc(NC(=O)Nc2cn[nH]c2-c2ccccn2)s1. The lowest BCUT2D eigenvalue weighted by Crippen LogP contribution is -2.19. The summed E-state index contributed by atoms with van der Waals surface area (Å²) >= 11 is 1.34. The Morgan fingerprint density at radius 2 is 2.23 bits per heavy atom. The molecule has 0 aromatic carbocycles. The Morgan fingerprint density at radius 1 is 1.32 bits per heavy atom. The van der Waals surface area contributed by atoms with Crippen LogP contribution in [0.2, 0.25) is 0 Å². The van der Waals surface area contributed by atoms with Crippen LogP contribution in [-0.4, -0.2) is 31.4 Å². The van der Waals surface area contributed by atoms with Crippen molar-refractivity contribution in [3.63, 3.8) is 0 Å². The van der Waals surface area contributed by atoms with Crippen LogP contribution >= 0.6 is 11.3 Å². The molecule has 22 heavy (non-hydrogen) atoms. The Kier molecular flexibility index (Phi) is 4.05. The molecule has 0 aliphatic rings. The lowest BCUT2D eigenvalue weighted by atomic mass is 10.2. The fraction of sp³-hybridized carbons (Fsp3) is 0.154. The van der Waals surface area contributed by atoms with Crippen LogP contribution in [0.15, 0.2) is 30.6 Å². The Labute approximate surface area is 130 Å². The average Bonchev–Trinajstić information content (AvgIpc) is 3.17. The summed E-state index contributed by atoms with van der Waals surface area (Å²) in [7, 11) is 0. The molecule has 8 nitrogen and oxygen atoms in total. The van der Waals surface area contributed by atoms with Crippen molar-refractivity contribution in [3.05, 3.63) is 35.6 Å². The number of aryl methyl sites for hydroxylation is 1. The van der Waals surface area contributed by atoms with Gasteiger partial charge >= 0.3 is 6.03 Å². The van der Waals surface area contributed by atoms with Crippen LogP contribution in [0.1, 0.15) is 11.9 Å². The van der Waals surface area contributed by atoms with Gasteiger partial charge < -0.3 is 5.32 Å². The highest BCUT2D eigenvalue weighted by Crippen LogP contribution is 2.23. The minimum absolute atomic E-state index is 0.405. The van der Waals surface area contributed by atoms with Crippen LogP contribution in [0.25, 0.3) is 11.4 Å². The number of nitrogens with one attached hydrogen (secondary N) is 3. The Morgan fingerprint density at radius 3 is 2.95 bits per heavy atom. The number of amides is 2. The van der Waals surface area contributed by atoms with E-state index in [-0.39, 0.29) is 0 Å². The number of anilines is 2. The second-order valence-electron chi connectivity index (χ2n) is 4.31. The van der Waals surface area contributed by atoms with E-state index in [1.165, 1.54) is 17.5 Å². The molecule has 0 bridgehead atoms. The monoisotopic (exact) mass is 315 g/mol. The standard InChI is InChI=1S/C13H13N7OS/c1-2-10-18-20-13(22-10)17-12(21)16-9-7-15-19-11(9)8-5-3-4-6-14-8/h3-7H,2H2,1H3,(H,15,19)(H2,16,17,20,21). The van der Waals surface area contributed by atoms with Gasteiger partial charge in [0, 0.05) is 6.20 Å². The summed E-state index contributed by atoms with van der Waals surface area (Å²) in [5.74, 6) is 0. The summed E-state index contributed by atoms with van der Waals surface area (Å²) in [5, 5.41) is 21.3. The summed E-state index contributed by atoms with van der Waals surface area (Å²) in [6.45, 7) is 1.98. The first-order valence-electron chi connectivity index (χ1n) is 6.61. The van der Waals surface area contributed by atoms with Crippen molar-refractivity contribution in [2.24, 2.45) is 0 Å². The molecule has 3 aromatic heterocycles. The number of H-pyrrole nitrogens is 1. The van der Waals surface area contributed by atoms with Gasteiger partial charge in [0.05, 0.1) is 17.6 Å². The molecule has 2 amide bonds. The summed E-state index contributed by atoms with van der Waals surface area (Å²) < 4.78 is 0. The van der Waals surface area contributed by atoms with Crippen molar-refractivity contribution in [2.75, 3.05) is 10.6 Å². The molecule has 0 saturated carbocycles. The lowest BCUT2D eigenvalue weighted by Gasteiger charge is -2.05. The molecule has 112 valence electrons. The van der Waals surface area contributed by atoms with Gasteiger partial charge in [-0.3, -0.25) is 15.4 Å². The molecule has 9 heteroatoms. The number of rotatable bonds is 4. The van der Waals surface area contributed by atoms with Gasteiger partial charge in [0.15, 0.2) is 0 Å². The van der Waals surface area contributed by atoms with Gasteiger partial charge in [-0.2, -0.15) is 5.10 Å². The maximum absolute atomic E-state index is 12.0. The number of hydrogen-bond donors (Lipinski definition) is 3. The van der Waals surface area contributed by atoms with Crippen LogP contribution in [0.4, 0.5) is 15.6 Å². The Bertz CT molecular complexity index is 768. The average molecular weight is 315 g/mol. The minimum Gasteiger partial charge on any atom is -0.304 e. The van der Waals surface area contributed by atoms with E-state index in [0.717, 1.165) is 11.4 Å². The molecule has 3 N–H and O–H groups in total. The van der Waals surface area contributed by atoms with E-state index in [9.17, 15) is 4.79 Å². The summed E-state index contributed by atoms with van der Waals surface area (Å²) in [4.78, 5) is 16.2. The molecule has 3 rings (SSSR count). The molecule has 0 aliphatic heterocycles. The van der Waals surface area contributed by atoms with Crippen molar-refractivity contribution < 1.29 is 4.79 Å². The molecule has 0 unspecified atom stereocenters. The molecule has 0 atom stereocenters. The molecular weight excluding hydrogens is 302 g/mol. The van der Waals surface area contributed by atoms with Gasteiger partial charge in [0.25, 0.3) is 0 Å². The fourth-order valence-corrected chi connectivity index (χ4v) is 2.46. The molecule has 3 aromatic rings. The van der Waals surface area contributed by atoms with Gasteiger partial charge in [-0.1, -0.05) is 24.3 Å². The smallest absolute Gasteiger partial charge is 0.304 e. The Balaban J connectivity index is 1.71. The number of aromatic amines is 1. The minimum atomic E-state index is -0.405. The van der Waals surface area contributed by atoms with Crippen LogP contribution < -0.4 is 10.6 Å². The van der Waals surface area contributed by atoms with E-state index in [0.29, 0.717) is 22.2 Å². The van der Waals surface area contributed by atoms with Crippen molar-refractivity contribution in [2.45, 2.75) is 13.3 Å². The van der Waals surface area contributed by atoms with E-state index in [2.05, 4.69) is 36.0 Å². The third kappa shape index (κ3) is 3.09. The first-order valence-corrected chi connectivity index (χ1v) is 7.43. The van der Waals surface area contributed by atoms with Gasteiger partial charge in [-0.25, -0.2) is 4.79 Å². The number of aromatic nitrogens is 5. The predicted molar refractivity (Wildman–Crippen MR) is 83.7 cm³/mol. The third-order valence-corrected chi connectivity index (χ3v) is 3.78. The van der Waals surface area contributed by atoms with Gasteiger partial charge in [0.1, 0.15) is 10.7 Å². The van der Waals surface area contributed by atoms with Crippen LogP contribution in [0.5, 0.6) is 0 Å². The highest BCUT2D eigenvalue weighted by molar-refractivity contribution is 7.15. The maximum Gasteiger partial charge on any atom is 0.325 e. The predicted octanol–water partition coefficient (Wildman–Crippen LogP) is 2.53. The zero-order valence-corrected chi connectivity index (χ0v) is 12.5. The second-order valence-corrected chi connectivity index (χ2v) is 5.37. The van der Waals surface area contributed by atoms with Gasteiger partial charge in [-0.05, 0) is 18.6 Å². The van der Waals surface area contributed by atoms with Crippen molar-refractivity contribution in [1.29, 1.82) is 0 Å². The van der Waals surface area contributed by atoms with Gasteiger partial charge in [0.2, 0.25) is 5.13 Å². The number of nitrogens with zero attached hydrogens (tertiary/aromatic N) is 4. The molecule has 0 spiro atoms. The van der Waals surface area contributed by atoms with E-state index in [1.54, 1.807) is 6.20 Å². The lowest BCUT2D eigenvalue weighted by molar-refractivity contribution is 0.262. The van der Waals surface area contributed by atoms with Crippen LogP contribution in [-0.2, 0) is 6.42 Å². The van der Waals surface area contributed by atoms with Crippen molar-refractivity contribution in [3.8, 4) is 11.4 Å². The maximum atomic E-state index is 12.0. The third-order valence-electron chi connectivity index (χ3n) is 2.80. The molecule has 3 heterocycles. The molecule has 0 aliphatic carbocycles. The number of urea groups is 1. The first kappa shape index (κ1) is 14.1. The van der Waals surface area contributed by atoms with Crippen molar-refractivity contribution in [1.82, 2.24) is 25.4 Å². The molecule has 0 fully saturated rings. The van der Waals surface area contributed by atoms with Crippen molar-refractivity contribution >= 4 is 28.2 Å². The highest BCUT2D eigenvalue weighted by atomic mass is 32.1. The van der Waals surface area contributed by atoms with Crippen LogP contribution in [0.3, 0.4) is 0 Å². The summed E-state index contributed by atoms with van der Waals surface area (Å²) in [5.41, 5.74) is 1.87. The number of hydrogen-bond acceptors (Lipinski definition) is 6. The summed E-state index contributed by atoms with van der Waals surface area (Å²) in [6, 6.07) is 5.10. The van der Waals surface area contributed by atoms with E-state index in [1.807, 2.05) is 25.1 Å². The highest BCUT2D eigenvalue weighted by Gasteiger charge is 2.13. The number of pyridine rings is 1. The normalized spacial score (nSPS) is 10.4. The topological polar surface area (TPSA) is 108 Å². The quantitative estimate of drug-likeness (QED) is 0.685. The Hall–Kier alpha value is -2.81. The van der Waals surface area contributed by atoms with E-state index in [4.69, 9.17) is 0 Å². The largest absolute Gasteiger partial charge is 0.325 e. The molecule has 0 saturated heterocycles. The summed E-state index contributed by atoms with van der Waals surface area (Å²) in [6.07, 6.45) is 3.99. The number of carbonyl (C=O) groups excluding carboxylic acids is 1. The van der Waals surface area contributed by atoms with E-state index >= 15 is 0 Å². The second kappa shape index (κ2) is 6.31.